The molecule has 0 unspecified atom stereocenters. The monoisotopic (exact) mass is 376 g/mol. The Morgan fingerprint density at radius 2 is 1.75 bits per heavy atom. The molecule has 0 saturated carbocycles. The molecule has 0 spiro atoms. The van der Waals surface area contributed by atoms with Crippen LogP contribution in [0.5, 0.6) is 5.75 Å². The maximum atomic E-state index is 12.6. The minimum absolute atomic E-state index is 0.241. The Morgan fingerprint density at radius 1 is 1.07 bits per heavy atom. The number of aromatic nitrogens is 3. The third-order valence-corrected chi connectivity index (χ3v) is 4.59. The molecule has 0 aliphatic rings. The second-order valence-electron chi connectivity index (χ2n) is 6.26. The van der Waals surface area contributed by atoms with Gasteiger partial charge in [-0.25, -0.2) is 14.8 Å². The molecule has 7 nitrogen and oxygen atoms in total. The molecule has 2 heterocycles. The van der Waals surface area contributed by atoms with Crippen LogP contribution in [-0.4, -0.2) is 34.2 Å². The van der Waals surface area contributed by atoms with Crippen molar-refractivity contribution in [3.05, 3.63) is 59.7 Å². The van der Waals surface area contributed by atoms with E-state index in [0.29, 0.717) is 23.2 Å². The van der Waals surface area contributed by atoms with E-state index in [1.807, 2.05) is 48.5 Å². The summed E-state index contributed by atoms with van der Waals surface area (Å²) in [5, 5.41) is 0. The molecule has 0 aliphatic heterocycles. The summed E-state index contributed by atoms with van der Waals surface area (Å²) >= 11 is 0. The average molecular weight is 376 g/mol. The number of nitrogens with zero attached hydrogens (tertiary/aromatic N) is 3. The highest BCUT2D eigenvalue weighted by atomic mass is 16.5. The number of hydrogen-bond acceptors (Lipinski definition) is 6. The lowest BCUT2D eigenvalue weighted by molar-refractivity contribution is 0.0529. The highest BCUT2D eigenvalue weighted by Gasteiger charge is 2.25. The van der Waals surface area contributed by atoms with Gasteiger partial charge < -0.3 is 19.8 Å². The topological polar surface area (TPSA) is 92.3 Å². The standard InChI is InChI=1S/C21H20N4O3/c1-3-28-21(26)17-18-20(24-15-10-6-5-9-14(15)23-18)25(19(17)22)12-13-8-4-7-11-16(13)27-2/h4-11H,3,12,22H2,1-2H3. The van der Waals surface area contributed by atoms with Crippen molar-refractivity contribution in [2.45, 2.75) is 13.5 Å². The second kappa shape index (κ2) is 7.19. The lowest BCUT2D eigenvalue weighted by Crippen LogP contribution is -2.10. The highest BCUT2D eigenvalue weighted by molar-refractivity contribution is 6.08. The van der Waals surface area contributed by atoms with Crippen molar-refractivity contribution in [2.75, 3.05) is 19.5 Å². The number of fused-ring (bicyclic) bond motifs is 2. The largest absolute Gasteiger partial charge is 0.496 e. The zero-order valence-corrected chi connectivity index (χ0v) is 15.7. The number of para-hydroxylation sites is 3. The molecular weight excluding hydrogens is 356 g/mol. The molecule has 0 saturated heterocycles. The van der Waals surface area contributed by atoms with E-state index in [9.17, 15) is 4.79 Å². The smallest absolute Gasteiger partial charge is 0.344 e. The number of hydrogen-bond donors (Lipinski definition) is 1. The normalized spacial score (nSPS) is 11.1. The minimum atomic E-state index is -0.506. The van der Waals surface area contributed by atoms with E-state index in [0.717, 1.165) is 16.8 Å². The van der Waals surface area contributed by atoms with Crippen molar-refractivity contribution in [1.29, 1.82) is 0 Å². The Labute approximate surface area is 161 Å². The van der Waals surface area contributed by atoms with Crippen LogP contribution in [0.3, 0.4) is 0 Å². The van der Waals surface area contributed by atoms with Crippen LogP contribution in [0.15, 0.2) is 48.5 Å². The number of nitrogens with two attached hydrogens (primary N) is 1. The molecule has 0 bridgehead atoms. The summed E-state index contributed by atoms with van der Waals surface area (Å²) in [5.74, 6) is 0.498. The number of carbonyl (C=O) groups is 1. The van der Waals surface area contributed by atoms with Crippen LogP contribution in [0.4, 0.5) is 5.82 Å². The van der Waals surface area contributed by atoms with Crippen LogP contribution in [0.25, 0.3) is 22.2 Å². The molecule has 2 aromatic heterocycles. The summed E-state index contributed by atoms with van der Waals surface area (Å²) in [6.45, 7) is 2.39. The van der Waals surface area contributed by atoms with Crippen LogP contribution in [0.1, 0.15) is 22.8 Å². The predicted octanol–water partition coefficient (Wildman–Crippen LogP) is 3.40. The first-order valence-electron chi connectivity index (χ1n) is 8.97. The maximum absolute atomic E-state index is 12.6. The van der Waals surface area contributed by atoms with Gasteiger partial charge in [0.2, 0.25) is 0 Å². The van der Waals surface area contributed by atoms with E-state index in [4.69, 9.17) is 20.2 Å². The number of anilines is 1. The Hall–Kier alpha value is -3.61. The lowest BCUT2D eigenvalue weighted by Gasteiger charge is -2.11. The van der Waals surface area contributed by atoms with Crippen LogP contribution < -0.4 is 10.5 Å². The van der Waals surface area contributed by atoms with Crippen molar-refractivity contribution in [2.24, 2.45) is 0 Å². The summed E-state index contributed by atoms with van der Waals surface area (Å²) < 4.78 is 12.4. The van der Waals surface area contributed by atoms with Crippen LogP contribution in [0.2, 0.25) is 0 Å². The fourth-order valence-electron chi connectivity index (χ4n) is 3.29. The fraction of sp³-hybridized carbons (Fsp3) is 0.190. The van der Waals surface area contributed by atoms with Crippen molar-refractivity contribution in [1.82, 2.24) is 14.5 Å². The number of methoxy groups -OCH3 is 1. The van der Waals surface area contributed by atoms with E-state index in [1.54, 1.807) is 18.6 Å². The Morgan fingerprint density at radius 3 is 2.46 bits per heavy atom. The van der Waals surface area contributed by atoms with Crippen LogP contribution >= 0.6 is 0 Å². The summed E-state index contributed by atoms with van der Waals surface area (Å²) in [4.78, 5) is 22.0. The van der Waals surface area contributed by atoms with Gasteiger partial charge >= 0.3 is 5.97 Å². The molecular formula is C21H20N4O3. The number of carbonyl (C=O) groups excluding carboxylic acids is 1. The number of rotatable bonds is 5. The summed E-state index contributed by atoms with van der Waals surface area (Å²) in [6, 6.07) is 15.2. The van der Waals surface area contributed by atoms with Gasteiger partial charge in [0.25, 0.3) is 0 Å². The van der Waals surface area contributed by atoms with Gasteiger partial charge in [0, 0.05) is 5.56 Å². The first kappa shape index (κ1) is 17.8. The Kier molecular flexibility index (Phi) is 4.57. The van der Waals surface area contributed by atoms with E-state index in [2.05, 4.69) is 4.98 Å². The first-order chi connectivity index (χ1) is 13.6. The molecule has 0 fully saturated rings. The zero-order valence-electron chi connectivity index (χ0n) is 15.7. The summed E-state index contributed by atoms with van der Waals surface area (Å²) in [6.07, 6.45) is 0. The van der Waals surface area contributed by atoms with Crippen LogP contribution in [0, 0.1) is 0 Å². The zero-order chi connectivity index (χ0) is 19.7. The number of nitrogen functional groups attached to an aromatic ring is 1. The van der Waals surface area contributed by atoms with Gasteiger partial charge in [0.15, 0.2) is 5.65 Å². The summed E-state index contributed by atoms with van der Waals surface area (Å²) in [7, 11) is 1.62. The highest BCUT2D eigenvalue weighted by Crippen LogP contribution is 2.30. The molecule has 0 radical (unpaired) electrons. The van der Waals surface area contributed by atoms with Crippen molar-refractivity contribution in [3.63, 3.8) is 0 Å². The third-order valence-electron chi connectivity index (χ3n) is 4.59. The van der Waals surface area contributed by atoms with Gasteiger partial charge in [-0.2, -0.15) is 0 Å². The van der Waals surface area contributed by atoms with Gasteiger partial charge in [0.05, 0.1) is 31.3 Å². The van der Waals surface area contributed by atoms with Gasteiger partial charge in [0.1, 0.15) is 22.6 Å². The molecule has 2 N–H and O–H groups in total. The Balaban J connectivity index is 1.97. The maximum Gasteiger partial charge on any atom is 0.344 e. The molecule has 7 heteroatoms. The molecule has 0 amide bonds. The minimum Gasteiger partial charge on any atom is -0.496 e. The molecule has 0 atom stereocenters. The molecule has 142 valence electrons. The first-order valence-corrected chi connectivity index (χ1v) is 8.97. The molecule has 2 aromatic carbocycles. The van der Waals surface area contributed by atoms with Crippen LogP contribution in [-0.2, 0) is 11.3 Å². The quantitative estimate of drug-likeness (QED) is 0.537. The van der Waals surface area contributed by atoms with Gasteiger partial charge in [-0.1, -0.05) is 30.3 Å². The lowest BCUT2D eigenvalue weighted by atomic mass is 10.2. The Bertz CT molecular complexity index is 1180. The SMILES string of the molecule is CCOC(=O)c1c(N)n(Cc2ccccc2OC)c2nc3ccccc3nc12. The number of benzene rings is 2. The van der Waals surface area contributed by atoms with E-state index >= 15 is 0 Å². The van der Waals surface area contributed by atoms with Gasteiger partial charge in [-0.3, -0.25) is 0 Å². The summed E-state index contributed by atoms with van der Waals surface area (Å²) in [5.41, 5.74) is 9.93. The van der Waals surface area contributed by atoms with Crippen molar-refractivity contribution < 1.29 is 14.3 Å². The van der Waals surface area contributed by atoms with Gasteiger partial charge in [-0.15, -0.1) is 0 Å². The van der Waals surface area contributed by atoms with Crippen molar-refractivity contribution in [3.8, 4) is 5.75 Å². The predicted molar refractivity (Wildman–Crippen MR) is 107 cm³/mol. The average Bonchev–Trinajstić information content (AvgIpc) is 2.97. The fourth-order valence-corrected chi connectivity index (χ4v) is 3.29. The van der Waals surface area contributed by atoms with E-state index in [1.165, 1.54) is 0 Å². The number of ether oxygens (including phenoxy) is 2. The molecule has 4 rings (SSSR count). The second-order valence-corrected chi connectivity index (χ2v) is 6.26. The van der Waals surface area contributed by atoms with E-state index in [-0.39, 0.29) is 18.0 Å². The molecule has 28 heavy (non-hydrogen) atoms. The molecule has 0 aliphatic carbocycles. The molecule has 4 aromatic rings. The van der Waals surface area contributed by atoms with E-state index < -0.39 is 5.97 Å². The van der Waals surface area contributed by atoms with Crippen molar-refractivity contribution >= 4 is 34.0 Å². The third kappa shape index (κ3) is 2.90. The van der Waals surface area contributed by atoms with Gasteiger partial charge in [-0.05, 0) is 25.1 Å². The number of esters is 1.